The first-order valence-electron chi connectivity index (χ1n) is 7.52. The van der Waals surface area contributed by atoms with Crippen LogP contribution in [0.1, 0.15) is 18.1 Å². The molecule has 1 heterocycles. The first kappa shape index (κ1) is 15.9. The zero-order chi connectivity index (χ0) is 14.9. The summed E-state index contributed by atoms with van der Waals surface area (Å²) in [7, 11) is 0. The lowest BCUT2D eigenvalue weighted by Gasteiger charge is -2.27. The fourth-order valence-corrected chi connectivity index (χ4v) is 2.31. The molecule has 0 radical (unpaired) electrons. The van der Waals surface area contributed by atoms with Crippen LogP contribution in [0.2, 0.25) is 0 Å². The molecule has 116 valence electrons. The third-order valence-corrected chi connectivity index (χ3v) is 3.54. The van der Waals surface area contributed by atoms with Gasteiger partial charge in [0.1, 0.15) is 0 Å². The van der Waals surface area contributed by atoms with Crippen molar-refractivity contribution in [2.24, 2.45) is 0 Å². The molecule has 0 aliphatic carbocycles. The molecule has 0 bridgehead atoms. The largest absolute Gasteiger partial charge is 0.378 e. The Morgan fingerprint density at radius 1 is 1.29 bits per heavy atom. The van der Waals surface area contributed by atoms with Crippen LogP contribution in [0.5, 0.6) is 0 Å². The second-order valence-corrected chi connectivity index (χ2v) is 5.00. The van der Waals surface area contributed by atoms with E-state index in [0.717, 1.165) is 0 Å². The summed E-state index contributed by atoms with van der Waals surface area (Å²) in [5.74, 6) is 0.139. The number of morpholine rings is 1. The number of ether oxygens (including phenoxy) is 2. The van der Waals surface area contributed by atoms with Gasteiger partial charge in [-0.15, -0.1) is 0 Å². The first-order valence-corrected chi connectivity index (χ1v) is 7.52. The number of carbonyl (C=O) groups is 1. The fraction of sp³-hybridized carbons (Fsp3) is 0.562. The number of benzene rings is 1. The highest BCUT2D eigenvalue weighted by molar-refractivity contribution is 5.78. The molecular formula is C16H24N2O3. The van der Waals surface area contributed by atoms with Gasteiger partial charge in [0.2, 0.25) is 5.91 Å². The van der Waals surface area contributed by atoms with E-state index in [1.807, 2.05) is 24.0 Å². The maximum Gasteiger partial charge on any atom is 0.236 e. The van der Waals surface area contributed by atoms with E-state index in [4.69, 9.17) is 9.47 Å². The summed E-state index contributed by atoms with van der Waals surface area (Å²) in [6.07, 6.45) is 0. The van der Waals surface area contributed by atoms with Crippen LogP contribution >= 0.6 is 0 Å². The molecule has 5 nitrogen and oxygen atoms in total. The topological polar surface area (TPSA) is 50.8 Å². The molecule has 0 atom stereocenters. The van der Waals surface area contributed by atoms with Gasteiger partial charge < -0.3 is 19.7 Å². The van der Waals surface area contributed by atoms with Gasteiger partial charge in [0.05, 0.1) is 26.4 Å². The van der Waals surface area contributed by atoms with Gasteiger partial charge in [-0.3, -0.25) is 4.79 Å². The molecule has 1 aliphatic rings. The summed E-state index contributed by atoms with van der Waals surface area (Å²) in [4.78, 5) is 13.9. The van der Waals surface area contributed by atoms with Gasteiger partial charge in [0.25, 0.3) is 0 Å². The monoisotopic (exact) mass is 292 g/mol. The van der Waals surface area contributed by atoms with Crippen LogP contribution in [0.25, 0.3) is 0 Å². The Bertz CT molecular complexity index is 445. The van der Waals surface area contributed by atoms with E-state index < -0.39 is 0 Å². The van der Waals surface area contributed by atoms with Crippen molar-refractivity contribution in [1.82, 2.24) is 10.2 Å². The Morgan fingerprint density at radius 2 is 2.00 bits per heavy atom. The molecule has 0 unspecified atom stereocenters. The van der Waals surface area contributed by atoms with Crippen molar-refractivity contribution >= 4 is 5.91 Å². The highest BCUT2D eigenvalue weighted by Gasteiger charge is 2.16. The molecule has 1 aliphatic heterocycles. The van der Waals surface area contributed by atoms with E-state index in [0.29, 0.717) is 52.6 Å². The lowest BCUT2D eigenvalue weighted by molar-refractivity contribution is -0.134. The standard InChI is InChI=1S/C16H24N2O3/c1-2-20-13-15-6-4-3-5-14(15)11-17-12-16(19)18-7-9-21-10-8-18/h3-6,17H,2,7-13H2,1H3. The number of rotatable bonds is 7. The van der Waals surface area contributed by atoms with E-state index in [1.54, 1.807) is 0 Å². The minimum absolute atomic E-state index is 0.139. The molecular weight excluding hydrogens is 268 g/mol. The van der Waals surface area contributed by atoms with Crippen molar-refractivity contribution in [3.8, 4) is 0 Å². The van der Waals surface area contributed by atoms with Crippen LogP contribution in [-0.2, 0) is 27.4 Å². The highest BCUT2D eigenvalue weighted by atomic mass is 16.5. The van der Waals surface area contributed by atoms with Crippen LogP contribution in [-0.4, -0.2) is 50.3 Å². The van der Waals surface area contributed by atoms with Gasteiger partial charge in [0, 0.05) is 26.2 Å². The Labute approximate surface area is 126 Å². The van der Waals surface area contributed by atoms with E-state index in [9.17, 15) is 4.79 Å². The van der Waals surface area contributed by atoms with Crippen molar-refractivity contribution in [3.05, 3.63) is 35.4 Å². The van der Waals surface area contributed by atoms with E-state index >= 15 is 0 Å². The molecule has 1 fully saturated rings. The quantitative estimate of drug-likeness (QED) is 0.820. The van der Waals surface area contributed by atoms with Crippen LogP contribution < -0.4 is 5.32 Å². The molecule has 21 heavy (non-hydrogen) atoms. The number of nitrogens with zero attached hydrogens (tertiary/aromatic N) is 1. The van der Waals surface area contributed by atoms with Crippen LogP contribution in [0.4, 0.5) is 0 Å². The summed E-state index contributed by atoms with van der Waals surface area (Å²) in [6, 6.07) is 8.16. The predicted octanol–water partition coefficient (Wildman–Crippen LogP) is 1.17. The minimum atomic E-state index is 0.139. The van der Waals surface area contributed by atoms with Gasteiger partial charge in [-0.25, -0.2) is 0 Å². The number of hydrogen-bond donors (Lipinski definition) is 1. The summed E-state index contributed by atoms with van der Waals surface area (Å²) in [5.41, 5.74) is 2.35. The third kappa shape index (κ3) is 5.12. The Balaban J connectivity index is 1.78. The minimum Gasteiger partial charge on any atom is -0.378 e. The maximum absolute atomic E-state index is 12.0. The number of nitrogens with one attached hydrogen (secondary N) is 1. The molecule has 1 N–H and O–H groups in total. The van der Waals surface area contributed by atoms with Crippen molar-refractivity contribution in [3.63, 3.8) is 0 Å². The number of carbonyl (C=O) groups excluding carboxylic acids is 1. The predicted molar refractivity (Wildman–Crippen MR) is 80.9 cm³/mol. The van der Waals surface area contributed by atoms with Gasteiger partial charge >= 0.3 is 0 Å². The number of hydrogen-bond acceptors (Lipinski definition) is 4. The van der Waals surface area contributed by atoms with Crippen LogP contribution in [0, 0.1) is 0 Å². The van der Waals surface area contributed by atoms with Gasteiger partial charge in [0.15, 0.2) is 0 Å². The molecule has 0 aromatic heterocycles. The van der Waals surface area contributed by atoms with Crippen molar-refractivity contribution in [1.29, 1.82) is 0 Å². The Morgan fingerprint density at radius 3 is 2.71 bits per heavy atom. The maximum atomic E-state index is 12.0. The summed E-state index contributed by atoms with van der Waals surface area (Å²) in [6.45, 7) is 7.03. The number of amides is 1. The average molecular weight is 292 g/mol. The van der Waals surface area contributed by atoms with Crippen molar-refractivity contribution in [2.75, 3.05) is 39.5 Å². The Kier molecular flexibility index (Phi) is 6.66. The normalized spacial score (nSPS) is 15.2. The second-order valence-electron chi connectivity index (χ2n) is 5.00. The lowest BCUT2D eigenvalue weighted by atomic mass is 10.1. The molecule has 1 aromatic carbocycles. The van der Waals surface area contributed by atoms with Gasteiger partial charge in [-0.2, -0.15) is 0 Å². The summed E-state index contributed by atoms with van der Waals surface area (Å²) >= 11 is 0. The van der Waals surface area contributed by atoms with E-state index in [-0.39, 0.29) is 5.91 Å². The first-order chi connectivity index (χ1) is 10.3. The van der Waals surface area contributed by atoms with Crippen molar-refractivity contribution < 1.29 is 14.3 Å². The Hall–Kier alpha value is -1.43. The van der Waals surface area contributed by atoms with Crippen LogP contribution in [0.3, 0.4) is 0 Å². The summed E-state index contributed by atoms with van der Waals surface area (Å²) < 4.78 is 10.7. The SMILES string of the molecule is CCOCc1ccccc1CNCC(=O)N1CCOCC1. The van der Waals surface area contributed by atoms with E-state index in [2.05, 4.69) is 17.4 Å². The highest BCUT2D eigenvalue weighted by Crippen LogP contribution is 2.10. The third-order valence-electron chi connectivity index (χ3n) is 3.54. The van der Waals surface area contributed by atoms with Gasteiger partial charge in [-0.05, 0) is 18.1 Å². The average Bonchev–Trinajstić information content (AvgIpc) is 2.54. The zero-order valence-electron chi connectivity index (χ0n) is 12.6. The molecule has 1 saturated heterocycles. The molecule has 0 saturated carbocycles. The molecule has 0 spiro atoms. The van der Waals surface area contributed by atoms with Crippen molar-refractivity contribution in [2.45, 2.75) is 20.1 Å². The zero-order valence-corrected chi connectivity index (χ0v) is 12.6. The van der Waals surface area contributed by atoms with Gasteiger partial charge in [-0.1, -0.05) is 24.3 Å². The summed E-state index contributed by atoms with van der Waals surface area (Å²) in [5, 5.41) is 3.23. The second kappa shape index (κ2) is 8.77. The molecule has 1 amide bonds. The smallest absolute Gasteiger partial charge is 0.236 e. The fourth-order valence-electron chi connectivity index (χ4n) is 2.31. The van der Waals surface area contributed by atoms with Crippen LogP contribution in [0.15, 0.2) is 24.3 Å². The molecule has 1 aromatic rings. The molecule has 2 rings (SSSR count). The lowest BCUT2D eigenvalue weighted by Crippen LogP contribution is -2.44. The van der Waals surface area contributed by atoms with E-state index in [1.165, 1.54) is 11.1 Å². The molecule has 5 heteroatoms.